The Bertz CT molecular complexity index is 587. The van der Waals surface area contributed by atoms with Gasteiger partial charge in [-0.25, -0.2) is 4.99 Å². The van der Waals surface area contributed by atoms with Crippen molar-refractivity contribution in [2.24, 2.45) is 4.99 Å². The first-order valence-electron chi connectivity index (χ1n) is 7.31. The third kappa shape index (κ3) is 4.67. The second-order valence-corrected chi connectivity index (χ2v) is 4.97. The van der Waals surface area contributed by atoms with Gasteiger partial charge in [0.15, 0.2) is 5.96 Å². The maximum Gasteiger partial charge on any atom is 0.191 e. The molecule has 0 unspecified atom stereocenters. The molecule has 0 aliphatic rings. The lowest BCUT2D eigenvalue weighted by molar-refractivity contribution is 0.500. The van der Waals surface area contributed by atoms with E-state index in [4.69, 9.17) is 4.42 Å². The van der Waals surface area contributed by atoms with Crippen molar-refractivity contribution in [1.82, 2.24) is 10.6 Å². The minimum absolute atomic E-state index is 0.666. The summed E-state index contributed by atoms with van der Waals surface area (Å²) in [7, 11) is 0. The Hall–Kier alpha value is -2.23. The average Bonchev–Trinajstić information content (AvgIpc) is 2.81. The summed E-state index contributed by atoms with van der Waals surface area (Å²) in [5.74, 6) is 2.72. The first-order chi connectivity index (χ1) is 10.2. The van der Waals surface area contributed by atoms with Gasteiger partial charge in [0.2, 0.25) is 0 Å². The van der Waals surface area contributed by atoms with Gasteiger partial charge >= 0.3 is 0 Å². The molecule has 0 fully saturated rings. The number of nitrogens with one attached hydrogen (secondary N) is 2. The van der Waals surface area contributed by atoms with Gasteiger partial charge in [-0.2, -0.15) is 0 Å². The summed E-state index contributed by atoms with van der Waals surface area (Å²) in [5, 5.41) is 6.60. The van der Waals surface area contributed by atoms with Gasteiger partial charge in [0.1, 0.15) is 11.5 Å². The molecule has 4 nitrogen and oxygen atoms in total. The van der Waals surface area contributed by atoms with Crippen LogP contribution in [0, 0.1) is 13.8 Å². The minimum atomic E-state index is 0.666. The number of guanidine groups is 1. The molecule has 0 spiro atoms. The first kappa shape index (κ1) is 15.2. The van der Waals surface area contributed by atoms with Gasteiger partial charge in [-0.15, -0.1) is 0 Å². The third-order valence-corrected chi connectivity index (χ3v) is 3.20. The van der Waals surface area contributed by atoms with E-state index in [0.717, 1.165) is 29.6 Å². The Morgan fingerprint density at radius 3 is 2.52 bits per heavy atom. The number of rotatable bonds is 5. The van der Waals surface area contributed by atoms with Crippen molar-refractivity contribution in [3.63, 3.8) is 0 Å². The summed E-state index contributed by atoms with van der Waals surface area (Å²) in [4.78, 5) is 4.60. The van der Waals surface area contributed by atoms with Gasteiger partial charge in [0.25, 0.3) is 0 Å². The van der Waals surface area contributed by atoms with Crippen LogP contribution in [0.3, 0.4) is 0 Å². The Balaban J connectivity index is 1.96. The van der Waals surface area contributed by atoms with E-state index in [2.05, 4.69) is 40.7 Å². The van der Waals surface area contributed by atoms with E-state index < -0.39 is 0 Å². The van der Waals surface area contributed by atoms with E-state index in [0.29, 0.717) is 13.1 Å². The van der Waals surface area contributed by atoms with E-state index in [1.807, 2.05) is 32.0 Å². The molecule has 2 rings (SSSR count). The molecule has 112 valence electrons. The number of nitrogens with zero attached hydrogens (tertiary/aromatic N) is 1. The largest absolute Gasteiger partial charge is 0.466 e. The molecule has 2 N–H and O–H groups in total. The summed E-state index contributed by atoms with van der Waals surface area (Å²) in [5.41, 5.74) is 2.36. The highest BCUT2D eigenvalue weighted by molar-refractivity contribution is 5.79. The topological polar surface area (TPSA) is 49.6 Å². The van der Waals surface area contributed by atoms with Crippen LogP contribution >= 0.6 is 0 Å². The molecule has 1 aromatic heterocycles. The quantitative estimate of drug-likeness (QED) is 0.655. The molecule has 0 aliphatic carbocycles. The van der Waals surface area contributed by atoms with Crippen LogP contribution in [0.25, 0.3) is 0 Å². The van der Waals surface area contributed by atoms with Gasteiger partial charge in [-0.05, 0) is 32.4 Å². The molecule has 2 aromatic rings. The zero-order valence-electron chi connectivity index (χ0n) is 12.9. The molecular weight excluding hydrogens is 262 g/mol. The summed E-state index contributed by atoms with van der Waals surface area (Å²) in [6, 6.07) is 12.3. The van der Waals surface area contributed by atoms with Gasteiger partial charge in [-0.1, -0.05) is 30.3 Å². The first-order valence-corrected chi connectivity index (χ1v) is 7.31. The number of benzene rings is 1. The van der Waals surface area contributed by atoms with Gasteiger partial charge < -0.3 is 15.1 Å². The van der Waals surface area contributed by atoms with Crippen LogP contribution in [-0.2, 0) is 13.1 Å². The van der Waals surface area contributed by atoms with Crippen molar-refractivity contribution in [2.45, 2.75) is 33.9 Å². The fraction of sp³-hybridized carbons (Fsp3) is 0.353. The molecule has 0 saturated heterocycles. The molecule has 1 aromatic carbocycles. The highest BCUT2D eigenvalue weighted by Gasteiger charge is 2.05. The zero-order chi connectivity index (χ0) is 15.1. The molecule has 0 bridgehead atoms. The lowest BCUT2D eigenvalue weighted by atomic mass is 10.2. The van der Waals surface area contributed by atoms with Crippen LogP contribution in [0.5, 0.6) is 0 Å². The Labute approximate surface area is 126 Å². The highest BCUT2D eigenvalue weighted by atomic mass is 16.3. The Kier molecular flexibility index (Phi) is 5.43. The van der Waals surface area contributed by atoms with Crippen LogP contribution < -0.4 is 10.6 Å². The molecular formula is C17H23N3O. The molecule has 21 heavy (non-hydrogen) atoms. The third-order valence-electron chi connectivity index (χ3n) is 3.20. The van der Waals surface area contributed by atoms with Gasteiger partial charge in [0.05, 0.1) is 6.54 Å². The molecule has 0 atom stereocenters. The monoisotopic (exact) mass is 285 g/mol. The minimum Gasteiger partial charge on any atom is -0.466 e. The van der Waals surface area contributed by atoms with Crippen LogP contribution in [0.1, 0.15) is 29.6 Å². The van der Waals surface area contributed by atoms with E-state index in [9.17, 15) is 0 Å². The number of aliphatic imine (C=N–C) groups is 1. The van der Waals surface area contributed by atoms with E-state index in [1.54, 1.807) is 0 Å². The SMILES string of the molecule is CCNC(=NCc1ccccc1)NCc1cc(C)oc1C. The standard InChI is InChI=1S/C17H23N3O/c1-4-18-17(19-11-15-8-6-5-7-9-15)20-12-16-10-13(2)21-14(16)3/h5-10H,4,11-12H2,1-3H3,(H2,18,19,20). The van der Waals surface area contributed by atoms with Crippen LogP contribution in [-0.4, -0.2) is 12.5 Å². The predicted octanol–water partition coefficient (Wildman–Crippen LogP) is 3.15. The van der Waals surface area contributed by atoms with Gasteiger partial charge in [0, 0.05) is 18.7 Å². The van der Waals surface area contributed by atoms with Crippen molar-refractivity contribution in [2.75, 3.05) is 6.54 Å². The predicted molar refractivity (Wildman–Crippen MR) is 86.3 cm³/mol. The molecule has 0 amide bonds. The fourth-order valence-electron chi connectivity index (χ4n) is 2.13. The number of hydrogen-bond donors (Lipinski definition) is 2. The van der Waals surface area contributed by atoms with Crippen molar-refractivity contribution < 1.29 is 4.42 Å². The molecule has 0 saturated carbocycles. The fourth-order valence-corrected chi connectivity index (χ4v) is 2.13. The molecule has 0 radical (unpaired) electrons. The maximum absolute atomic E-state index is 5.54. The normalized spacial score (nSPS) is 11.5. The molecule has 4 heteroatoms. The molecule has 1 heterocycles. The summed E-state index contributed by atoms with van der Waals surface area (Å²) in [6.45, 7) is 8.23. The lowest BCUT2D eigenvalue weighted by Gasteiger charge is -2.10. The number of hydrogen-bond acceptors (Lipinski definition) is 2. The van der Waals surface area contributed by atoms with Crippen molar-refractivity contribution in [1.29, 1.82) is 0 Å². The summed E-state index contributed by atoms with van der Waals surface area (Å²) < 4.78 is 5.54. The second kappa shape index (κ2) is 7.53. The van der Waals surface area contributed by atoms with E-state index in [1.165, 1.54) is 5.56 Å². The van der Waals surface area contributed by atoms with E-state index >= 15 is 0 Å². The highest BCUT2D eigenvalue weighted by Crippen LogP contribution is 2.13. The van der Waals surface area contributed by atoms with Crippen molar-refractivity contribution in [3.8, 4) is 0 Å². The maximum atomic E-state index is 5.54. The van der Waals surface area contributed by atoms with Crippen LogP contribution in [0.15, 0.2) is 45.8 Å². The van der Waals surface area contributed by atoms with Crippen LogP contribution in [0.2, 0.25) is 0 Å². The molecule has 0 aliphatic heterocycles. The van der Waals surface area contributed by atoms with Crippen LogP contribution in [0.4, 0.5) is 0 Å². The second-order valence-electron chi connectivity index (χ2n) is 4.97. The summed E-state index contributed by atoms with van der Waals surface area (Å²) >= 11 is 0. The Morgan fingerprint density at radius 2 is 1.90 bits per heavy atom. The Morgan fingerprint density at radius 1 is 1.14 bits per heavy atom. The average molecular weight is 285 g/mol. The number of aryl methyl sites for hydroxylation is 2. The smallest absolute Gasteiger partial charge is 0.191 e. The van der Waals surface area contributed by atoms with Crippen molar-refractivity contribution in [3.05, 3.63) is 59.0 Å². The van der Waals surface area contributed by atoms with Gasteiger partial charge in [-0.3, -0.25) is 0 Å². The van der Waals surface area contributed by atoms with E-state index in [-0.39, 0.29) is 0 Å². The zero-order valence-corrected chi connectivity index (χ0v) is 12.9. The lowest BCUT2D eigenvalue weighted by Crippen LogP contribution is -2.36. The number of furan rings is 1. The van der Waals surface area contributed by atoms with Crippen molar-refractivity contribution >= 4 is 5.96 Å². The summed E-state index contributed by atoms with van der Waals surface area (Å²) in [6.07, 6.45) is 0.